The van der Waals surface area contributed by atoms with E-state index in [1.54, 1.807) is 5.57 Å². The number of fused-ring (bicyclic) bond motifs is 1. The van der Waals surface area contributed by atoms with E-state index in [1.165, 1.54) is 50.2 Å². The maximum absolute atomic E-state index is 6.67. The Bertz CT molecular complexity index is 602. The molecule has 0 bridgehead atoms. The normalized spacial score (nSPS) is 30.6. The van der Waals surface area contributed by atoms with Crippen LogP contribution in [0.4, 0.5) is 0 Å². The molecule has 2 aliphatic rings. The van der Waals surface area contributed by atoms with Crippen LogP contribution in [0.15, 0.2) is 10.6 Å². The first-order chi connectivity index (χ1) is 13.2. The zero-order valence-corrected chi connectivity index (χ0v) is 22.0. The molecule has 2 rings (SSSR count). The van der Waals surface area contributed by atoms with Crippen molar-refractivity contribution in [3.05, 3.63) is 10.6 Å². The lowest BCUT2D eigenvalue weighted by molar-refractivity contribution is 0.0993. The minimum absolute atomic E-state index is 0.313. The van der Waals surface area contributed by atoms with E-state index >= 15 is 0 Å². The van der Waals surface area contributed by atoms with E-state index < -0.39 is 8.32 Å². The van der Waals surface area contributed by atoms with Gasteiger partial charge in [-0.1, -0.05) is 62.0 Å². The van der Waals surface area contributed by atoms with Gasteiger partial charge in [-0.25, -0.2) is 0 Å². The lowest BCUT2D eigenvalue weighted by atomic mass is 9.61. The largest absolute Gasteiger partial charge is 0.401 e. The second-order valence-electron chi connectivity index (χ2n) is 10.1. The van der Waals surface area contributed by atoms with Gasteiger partial charge >= 0.3 is 0 Å². The fraction of sp³-hybridized carbons (Fsp3) is 0.840. The van der Waals surface area contributed by atoms with Crippen molar-refractivity contribution in [2.45, 2.75) is 111 Å². The van der Waals surface area contributed by atoms with Gasteiger partial charge in [-0.3, -0.25) is 0 Å². The molecule has 2 saturated carbocycles. The van der Waals surface area contributed by atoms with Crippen molar-refractivity contribution < 1.29 is 4.43 Å². The highest BCUT2D eigenvalue weighted by Crippen LogP contribution is 2.59. The van der Waals surface area contributed by atoms with Gasteiger partial charge < -0.3 is 4.43 Å². The highest BCUT2D eigenvalue weighted by molar-refractivity contribution is 9.11. The molecule has 0 aromatic heterocycles. The Labute approximate surface area is 184 Å². The quantitative estimate of drug-likeness (QED) is 0.270. The van der Waals surface area contributed by atoms with Crippen LogP contribution >= 0.6 is 15.9 Å². The molecule has 0 radical (unpaired) electrons. The molecule has 0 aliphatic heterocycles. The average molecular weight is 468 g/mol. The van der Waals surface area contributed by atoms with Gasteiger partial charge in [0.2, 0.25) is 0 Å². The number of hydrogen-bond acceptors (Lipinski definition) is 1. The lowest BCUT2D eigenvalue weighted by Crippen LogP contribution is -2.43. The van der Waals surface area contributed by atoms with Gasteiger partial charge in [0.1, 0.15) is 5.60 Å². The zero-order chi connectivity index (χ0) is 21.0. The van der Waals surface area contributed by atoms with Crippen molar-refractivity contribution in [1.29, 1.82) is 0 Å². The number of hydrogen-bond donors (Lipinski definition) is 0. The summed E-state index contributed by atoms with van der Waals surface area (Å²) in [5.74, 6) is 9.33. The van der Waals surface area contributed by atoms with Gasteiger partial charge in [-0.2, -0.15) is 0 Å². The molecule has 0 N–H and O–H groups in total. The minimum Gasteiger partial charge on any atom is -0.401 e. The highest BCUT2D eigenvalue weighted by atomic mass is 79.9. The van der Waals surface area contributed by atoms with Crippen molar-refractivity contribution in [3.63, 3.8) is 0 Å². The fourth-order valence-electron chi connectivity index (χ4n) is 6.25. The van der Waals surface area contributed by atoms with Crippen LogP contribution in [0.2, 0.25) is 18.1 Å². The van der Waals surface area contributed by atoms with Crippen molar-refractivity contribution in [2.75, 3.05) is 0 Å². The maximum atomic E-state index is 6.67. The molecule has 2 aliphatic carbocycles. The number of rotatable bonds is 7. The molecule has 0 amide bonds. The molecule has 160 valence electrons. The maximum Gasteiger partial charge on any atom is 0.194 e. The second-order valence-corrected chi connectivity index (χ2v) is 15.3. The van der Waals surface area contributed by atoms with E-state index in [2.05, 4.69) is 81.2 Å². The molecule has 0 spiro atoms. The molecule has 1 unspecified atom stereocenters. The van der Waals surface area contributed by atoms with Gasteiger partial charge in [0, 0.05) is 6.42 Å². The Kier molecular flexibility index (Phi) is 8.52. The predicted molar refractivity (Wildman–Crippen MR) is 129 cm³/mol. The van der Waals surface area contributed by atoms with Crippen LogP contribution < -0.4 is 0 Å². The summed E-state index contributed by atoms with van der Waals surface area (Å²) in [5.41, 5.74) is 1.82. The van der Waals surface area contributed by atoms with Gasteiger partial charge in [-0.15, -0.1) is 5.92 Å². The summed E-state index contributed by atoms with van der Waals surface area (Å²) in [6.45, 7) is 16.2. The average Bonchev–Trinajstić information content (AvgIpc) is 3.03. The summed E-state index contributed by atoms with van der Waals surface area (Å²) in [7, 11) is -1.62. The van der Waals surface area contributed by atoms with Crippen LogP contribution in [0.3, 0.4) is 0 Å². The second kappa shape index (κ2) is 9.84. The van der Waals surface area contributed by atoms with Crippen LogP contribution in [-0.4, -0.2) is 13.9 Å². The molecule has 0 aromatic carbocycles. The summed E-state index contributed by atoms with van der Waals surface area (Å²) in [6.07, 6.45) is 7.75. The zero-order valence-electron chi connectivity index (χ0n) is 19.5. The Morgan fingerprint density at radius 2 is 1.89 bits per heavy atom. The van der Waals surface area contributed by atoms with Gasteiger partial charge in [0.25, 0.3) is 0 Å². The van der Waals surface area contributed by atoms with Gasteiger partial charge in [0.15, 0.2) is 8.32 Å². The van der Waals surface area contributed by atoms with E-state index in [0.29, 0.717) is 11.3 Å². The van der Waals surface area contributed by atoms with Crippen molar-refractivity contribution in [2.24, 2.45) is 23.2 Å². The molecule has 0 heterocycles. The van der Waals surface area contributed by atoms with E-state index in [0.717, 1.165) is 18.3 Å². The molecule has 1 nitrogen and oxygen atoms in total. The monoisotopic (exact) mass is 466 g/mol. The topological polar surface area (TPSA) is 9.23 Å². The Balaban J connectivity index is 2.04. The third-order valence-corrected chi connectivity index (χ3v) is 13.5. The third kappa shape index (κ3) is 5.16. The summed E-state index contributed by atoms with van der Waals surface area (Å²) in [5, 5.41) is 0. The molecule has 0 aromatic rings. The van der Waals surface area contributed by atoms with Gasteiger partial charge in [-0.05, 0) is 92.2 Å². The number of halogens is 1. The Hall–Kier alpha value is -0.0431. The molecular weight excluding hydrogens is 424 g/mol. The standard InChI is InChI=1S/C25H43BrOSi/c1-8-28(9-2,10-3)27-24(5,6)17-11-13-20(4)22-15-16-23-21(19-26)14-12-18-25(22,23)7/h19-20,22-23H,8-10,12-16,18H2,1-7H3/b21-19+/t20-,22-,23?,25-/m1/s1. The summed E-state index contributed by atoms with van der Waals surface area (Å²) < 4.78 is 6.67. The van der Waals surface area contributed by atoms with Crippen LogP contribution in [-0.2, 0) is 4.43 Å². The SMILES string of the molecule is CC[Si](CC)(CC)OC(C)(C)C#CC[C@@H](C)[C@H]1CCC2/C(=C/Br)CCC[C@@]21C. The molecule has 2 fully saturated rings. The minimum atomic E-state index is -1.62. The molecule has 3 heteroatoms. The van der Waals surface area contributed by atoms with Crippen LogP contribution in [0.1, 0.15) is 87.0 Å². The molecule has 28 heavy (non-hydrogen) atoms. The summed E-state index contributed by atoms with van der Waals surface area (Å²) >= 11 is 3.64. The first-order valence-corrected chi connectivity index (χ1v) is 15.1. The van der Waals surface area contributed by atoms with Crippen molar-refractivity contribution in [1.82, 2.24) is 0 Å². The van der Waals surface area contributed by atoms with E-state index in [1.807, 2.05) is 0 Å². The number of allylic oxidation sites excluding steroid dienone is 1. The first kappa shape index (κ1) is 24.2. The van der Waals surface area contributed by atoms with E-state index in [-0.39, 0.29) is 5.60 Å². The third-order valence-electron chi connectivity index (χ3n) is 8.08. The lowest BCUT2D eigenvalue weighted by Gasteiger charge is -2.44. The van der Waals surface area contributed by atoms with Crippen LogP contribution in [0.5, 0.6) is 0 Å². The first-order valence-electron chi connectivity index (χ1n) is 11.7. The molecule has 4 atom stereocenters. The van der Waals surface area contributed by atoms with Crippen LogP contribution in [0.25, 0.3) is 0 Å². The smallest absolute Gasteiger partial charge is 0.194 e. The highest BCUT2D eigenvalue weighted by Gasteiger charge is 2.50. The van der Waals surface area contributed by atoms with Crippen molar-refractivity contribution >= 4 is 24.2 Å². The summed E-state index contributed by atoms with van der Waals surface area (Å²) in [6, 6.07) is 3.56. The summed E-state index contributed by atoms with van der Waals surface area (Å²) in [4.78, 5) is 2.23. The van der Waals surface area contributed by atoms with Gasteiger partial charge in [0.05, 0.1) is 0 Å². The Morgan fingerprint density at radius 1 is 1.25 bits per heavy atom. The fourth-order valence-corrected chi connectivity index (χ4v) is 9.86. The van der Waals surface area contributed by atoms with Crippen LogP contribution in [0, 0.1) is 35.0 Å². The predicted octanol–water partition coefficient (Wildman–Crippen LogP) is 8.31. The molecular formula is C25H43BrOSi. The Morgan fingerprint density at radius 3 is 2.46 bits per heavy atom. The van der Waals surface area contributed by atoms with E-state index in [9.17, 15) is 0 Å². The van der Waals surface area contributed by atoms with Crippen molar-refractivity contribution in [3.8, 4) is 11.8 Å². The molecule has 0 saturated heterocycles. The van der Waals surface area contributed by atoms with E-state index in [4.69, 9.17) is 4.43 Å².